The van der Waals surface area contributed by atoms with Gasteiger partial charge in [-0.2, -0.15) is 5.10 Å². The monoisotopic (exact) mass is 284 g/mol. The van der Waals surface area contributed by atoms with E-state index < -0.39 is 0 Å². The summed E-state index contributed by atoms with van der Waals surface area (Å²) >= 11 is 0. The summed E-state index contributed by atoms with van der Waals surface area (Å²) in [7, 11) is 3.45. The van der Waals surface area contributed by atoms with E-state index >= 15 is 0 Å². The van der Waals surface area contributed by atoms with E-state index in [1.54, 1.807) is 47.1 Å². The normalized spacial score (nSPS) is 11.0. The maximum Gasteiger partial charge on any atom is 0.261 e. The van der Waals surface area contributed by atoms with E-state index in [-0.39, 0.29) is 5.56 Å². The summed E-state index contributed by atoms with van der Waals surface area (Å²) in [5, 5.41) is 4.75. The van der Waals surface area contributed by atoms with Gasteiger partial charge in [-0.05, 0) is 19.1 Å². The van der Waals surface area contributed by atoms with Gasteiger partial charge < -0.3 is 4.74 Å². The number of hydrogen-bond acceptors (Lipinski definition) is 4. The van der Waals surface area contributed by atoms with Gasteiger partial charge in [-0.1, -0.05) is 6.07 Å². The molecule has 108 valence electrons. The Labute approximate surface area is 121 Å². The molecule has 0 amide bonds. The van der Waals surface area contributed by atoms with Crippen LogP contribution in [0.4, 0.5) is 0 Å². The van der Waals surface area contributed by atoms with Crippen molar-refractivity contribution in [2.45, 2.75) is 13.5 Å². The first-order valence-corrected chi connectivity index (χ1v) is 6.61. The zero-order valence-corrected chi connectivity index (χ0v) is 12.2. The van der Waals surface area contributed by atoms with E-state index in [2.05, 4.69) is 10.1 Å². The molecule has 0 fully saturated rings. The number of nitrogens with zero attached hydrogens (tertiary/aromatic N) is 4. The minimum absolute atomic E-state index is 0.0813. The molecule has 0 atom stereocenters. The van der Waals surface area contributed by atoms with Crippen LogP contribution >= 0.6 is 0 Å². The van der Waals surface area contributed by atoms with E-state index in [1.807, 2.05) is 14.0 Å². The number of rotatable bonds is 3. The smallest absolute Gasteiger partial charge is 0.261 e. The molecular weight excluding hydrogens is 268 g/mol. The van der Waals surface area contributed by atoms with Gasteiger partial charge >= 0.3 is 0 Å². The molecule has 0 aliphatic carbocycles. The number of ether oxygens (including phenoxy) is 1. The molecule has 0 aliphatic rings. The fraction of sp³-hybridized carbons (Fsp3) is 0.267. The van der Waals surface area contributed by atoms with Crippen molar-refractivity contribution in [1.29, 1.82) is 0 Å². The number of aromatic nitrogens is 4. The highest BCUT2D eigenvalue weighted by Crippen LogP contribution is 2.20. The topological polar surface area (TPSA) is 61.9 Å². The van der Waals surface area contributed by atoms with Crippen LogP contribution < -0.4 is 10.3 Å². The average molecular weight is 284 g/mol. The maximum atomic E-state index is 12.6. The van der Waals surface area contributed by atoms with E-state index in [0.29, 0.717) is 23.2 Å². The van der Waals surface area contributed by atoms with Crippen molar-refractivity contribution in [3.05, 3.63) is 52.3 Å². The Kier molecular flexibility index (Phi) is 3.21. The lowest BCUT2D eigenvalue weighted by Crippen LogP contribution is -2.21. The molecule has 1 aromatic carbocycles. The molecule has 6 heteroatoms. The van der Waals surface area contributed by atoms with E-state index in [9.17, 15) is 4.79 Å². The average Bonchev–Trinajstić information content (AvgIpc) is 2.81. The van der Waals surface area contributed by atoms with Gasteiger partial charge in [0.05, 0.1) is 31.6 Å². The molecule has 0 radical (unpaired) electrons. The van der Waals surface area contributed by atoms with Gasteiger partial charge in [-0.25, -0.2) is 4.98 Å². The van der Waals surface area contributed by atoms with Gasteiger partial charge in [0.2, 0.25) is 0 Å². The van der Waals surface area contributed by atoms with Crippen LogP contribution in [0.1, 0.15) is 11.3 Å². The molecule has 0 saturated heterocycles. The summed E-state index contributed by atoms with van der Waals surface area (Å²) in [6.45, 7) is 2.43. The highest BCUT2D eigenvalue weighted by molar-refractivity contribution is 5.83. The standard InChI is InChI=1S/C15H16N4O2/c1-10-11(7-17-18(10)2)8-19-9-16-14-12(15(19)20)5-4-6-13(14)21-3/h4-7,9H,8H2,1-3H3. The van der Waals surface area contributed by atoms with Gasteiger partial charge in [0, 0.05) is 18.3 Å². The number of fused-ring (bicyclic) bond motifs is 1. The van der Waals surface area contributed by atoms with Crippen molar-refractivity contribution in [1.82, 2.24) is 19.3 Å². The molecule has 2 heterocycles. The Morgan fingerprint density at radius 1 is 1.33 bits per heavy atom. The Balaban J connectivity index is 2.11. The van der Waals surface area contributed by atoms with Crippen molar-refractivity contribution in [2.24, 2.45) is 7.05 Å². The molecule has 0 unspecified atom stereocenters. The molecule has 21 heavy (non-hydrogen) atoms. The number of para-hydroxylation sites is 1. The predicted molar refractivity (Wildman–Crippen MR) is 79.6 cm³/mol. The molecule has 0 aliphatic heterocycles. The summed E-state index contributed by atoms with van der Waals surface area (Å²) in [5.74, 6) is 0.606. The summed E-state index contributed by atoms with van der Waals surface area (Å²) < 4.78 is 8.62. The second-order valence-electron chi connectivity index (χ2n) is 4.91. The molecule has 0 bridgehead atoms. The minimum atomic E-state index is -0.0813. The fourth-order valence-electron chi connectivity index (χ4n) is 2.32. The van der Waals surface area contributed by atoms with Gasteiger partial charge in [-0.15, -0.1) is 0 Å². The molecule has 0 spiro atoms. The highest BCUT2D eigenvalue weighted by atomic mass is 16.5. The van der Waals surface area contributed by atoms with Crippen LogP contribution in [0.2, 0.25) is 0 Å². The Bertz CT molecular complexity index is 864. The molecule has 0 N–H and O–H groups in total. The van der Waals surface area contributed by atoms with Crippen molar-refractivity contribution >= 4 is 10.9 Å². The lowest BCUT2D eigenvalue weighted by atomic mass is 10.2. The van der Waals surface area contributed by atoms with Gasteiger partial charge in [0.1, 0.15) is 11.3 Å². The van der Waals surface area contributed by atoms with Crippen LogP contribution in [0.3, 0.4) is 0 Å². The number of methoxy groups -OCH3 is 1. The number of aryl methyl sites for hydroxylation is 1. The Morgan fingerprint density at radius 2 is 2.14 bits per heavy atom. The zero-order chi connectivity index (χ0) is 15.0. The third kappa shape index (κ3) is 2.18. The van der Waals surface area contributed by atoms with Crippen molar-refractivity contribution in [3.63, 3.8) is 0 Å². The first-order valence-electron chi connectivity index (χ1n) is 6.61. The lowest BCUT2D eigenvalue weighted by molar-refractivity contribution is 0.418. The molecule has 6 nitrogen and oxygen atoms in total. The molecular formula is C15H16N4O2. The van der Waals surface area contributed by atoms with Gasteiger partial charge in [0.15, 0.2) is 0 Å². The highest BCUT2D eigenvalue weighted by Gasteiger charge is 2.10. The van der Waals surface area contributed by atoms with Crippen LogP contribution in [0.5, 0.6) is 5.75 Å². The first-order chi connectivity index (χ1) is 10.1. The van der Waals surface area contributed by atoms with Gasteiger partial charge in [0.25, 0.3) is 5.56 Å². The van der Waals surface area contributed by atoms with Crippen LogP contribution in [-0.2, 0) is 13.6 Å². The van der Waals surface area contributed by atoms with Crippen LogP contribution in [0.15, 0.2) is 35.5 Å². The number of benzene rings is 1. The Morgan fingerprint density at radius 3 is 2.81 bits per heavy atom. The SMILES string of the molecule is COc1cccc2c(=O)n(Cc3cnn(C)c3C)cnc12. The molecule has 2 aromatic heterocycles. The third-order valence-electron chi connectivity index (χ3n) is 3.71. The quantitative estimate of drug-likeness (QED) is 0.731. The second kappa shape index (κ2) is 5.05. The first kappa shape index (κ1) is 13.4. The van der Waals surface area contributed by atoms with Crippen molar-refractivity contribution < 1.29 is 4.74 Å². The minimum Gasteiger partial charge on any atom is -0.494 e. The Hall–Kier alpha value is -2.63. The third-order valence-corrected chi connectivity index (χ3v) is 3.71. The summed E-state index contributed by atoms with van der Waals surface area (Å²) in [6, 6.07) is 5.36. The number of hydrogen-bond donors (Lipinski definition) is 0. The van der Waals surface area contributed by atoms with Crippen LogP contribution in [0.25, 0.3) is 10.9 Å². The predicted octanol–water partition coefficient (Wildman–Crippen LogP) is 1.50. The van der Waals surface area contributed by atoms with E-state index in [0.717, 1.165) is 11.3 Å². The lowest BCUT2D eigenvalue weighted by Gasteiger charge is -2.08. The summed E-state index contributed by atoms with van der Waals surface area (Å²) in [5.41, 5.74) is 2.54. The van der Waals surface area contributed by atoms with Crippen LogP contribution in [-0.4, -0.2) is 26.4 Å². The second-order valence-corrected chi connectivity index (χ2v) is 4.91. The van der Waals surface area contributed by atoms with E-state index in [4.69, 9.17) is 4.74 Å². The molecule has 3 rings (SSSR count). The van der Waals surface area contributed by atoms with Crippen molar-refractivity contribution in [2.75, 3.05) is 7.11 Å². The van der Waals surface area contributed by atoms with Crippen molar-refractivity contribution in [3.8, 4) is 5.75 Å². The largest absolute Gasteiger partial charge is 0.494 e. The maximum absolute atomic E-state index is 12.6. The molecule has 3 aromatic rings. The molecule has 0 saturated carbocycles. The fourth-order valence-corrected chi connectivity index (χ4v) is 2.32. The van der Waals surface area contributed by atoms with E-state index in [1.165, 1.54) is 0 Å². The zero-order valence-electron chi connectivity index (χ0n) is 12.2. The summed E-state index contributed by atoms with van der Waals surface area (Å²) in [4.78, 5) is 16.9. The van der Waals surface area contributed by atoms with Crippen LogP contribution in [0, 0.1) is 6.92 Å². The summed E-state index contributed by atoms with van der Waals surface area (Å²) in [6.07, 6.45) is 3.33. The van der Waals surface area contributed by atoms with Gasteiger partial charge in [-0.3, -0.25) is 14.0 Å².